The lowest BCUT2D eigenvalue weighted by Crippen LogP contribution is -2.40. The molecule has 1 aliphatic rings. The summed E-state index contributed by atoms with van der Waals surface area (Å²) in [6.07, 6.45) is 3.08. The van der Waals surface area contributed by atoms with Gasteiger partial charge < -0.3 is 5.11 Å². The average Bonchev–Trinajstić information content (AvgIpc) is 3.07. The number of carboxylic acid groups (broad SMARTS) is 1. The van der Waals surface area contributed by atoms with E-state index >= 15 is 0 Å². The van der Waals surface area contributed by atoms with Gasteiger partial charge in [-0.1, -0.05) is 26.0 Å². The zero-order valence-corrected chi connectivity index (χ0v) is 14.0. The highest BCUT2D eigenvalue weighted by atomic mass is 16.4. The van der Waals surface area contributed by atoms with Crippen molar-refractivity contribution in [1.82, 2.24) is 19.6 Å². The molecule has 1 saturated carbocycles. The highest BCUT2D eigenvalue weighted by Gasteiger charge is 2.57. The third-order valence-electron chi connectivity index (χ3n) is 6.11. The molecule has 1 fully saturated rings. The quantitative estimate of drug-likeness (QED) is 0.782. The minimum absolute atomic E-state index is 0.0114. The van der Waals surface area contributed by atoms with E-state index in [0.717, 1.165) is 23.0 Å². The van der Waals surface area contributed by atoms with Crippen molar-refractivity contribution in [2.75, 3.05) is 0 Å². The number of rotatable bonds is 2. The van der Waals surface area contributed by atoms with Crippen molar-refractivity contribution in [3.8, 4) is 0 Å². The van der Waals surface area contributed by atoms with E-state index in [2.05, 4.69) is 10.1 Å². The van der Waals surface area contributed by atoms with Crippen LogP contribution in [0.5, 0.6) is 0 Å². The maximum absolute atomic E-state index is 11.8. The number of aromatic nitrogens is 4. The largest absolute Gasteiger partial charge is 0.481 e. The number of para-hydroxylation sites is 1. The number of benzene rings is 1. The van der Waals surface area contributed by atoms with Crippen LogP contribution in [0, 0.1) is 10.8 Å². The summed E-state index contributed by atoms with van der Waals surface area (Å²) in [7, 11) is 0. The average molecular weight is 324 g/mol. The van der Waals surface area contributed by atoms with E-state index < -0.39 is 16.8 Å². The predicted molar refractivity (Wildman–Crippen MR) is 89.8 cm³/mol. The van der Waals surface area contributed by atoms with Crippen molar-refractivity contribution >= 4 is 22.5 Å². The maximum Gasteiger partial charge on any atom is 0.309 e. The van der Waals surface area contributed by atoms with Gasteiger partial charge in [0.2, 0.25) is 0 Å². The van der Waals surface area contributed by atoms with Gasteiger partial charge in [-0.15, -0.1) is 5.10 Å². The van der Waals surface area contributed by atoms with Crippen LogP contribution in [-0.4, -0.2) is 30.7 Å². The Hall–Kier alpha value is -2.50. The van der Waals surface area contributed by atoms with Crippen LogP contribution >= 0.6 is 0 Å². The van der Waals surface area contributed by atoms with Crippen LogP contribution in [0.25, 0.3) is 16.6 Å². The second kappa shape index (κ2) is 4.75. The van der Waals surface area contributed by atoms with Crippen LogP contribution < -0.4 is 0 Å². The van der Waals surface area contributed by atoms with Gasteiger partial charge >= 0.3 is 5.97 Å². The molecule has 0 aliphatic heterocycles. The molecule has 0 bridgehead atoms. The molecule has 0 spiro atoms. The SMILES string of the molecule is CC1(C)[C@H](c2nc3c4ccccc4ncn3n2)CC[C@@]1(C)C(=O)O. The Morgan fingerprint density at radius 2 is 2.04 bits per heavy atom. The van der Waals surface area contributed by atoms with Gasteiger partial charge in [0.05, 0.1) is 10.9 Å². The molecular formula is C18H20N4O2. The first-order chi connectivity index (χ1) is 11.3. The molecule has 1 N–H and O–H groups in total. The third kappa shape index (κ3) is 1.82. The van der Waals surface area contributed by atoms with Gasteiger partial charge in [-0.2, -0.15) is 0 Å². The van der Waals surface area contributed by atoms with Crippen LogP contribution in [0.15, 0.2) is 30.6 Å². The maximum atomic E-state index is 11.8. The topological polar surface area (TPSA) is 80.4 Å². The number of hydrogen-bond donors (Lipinski definition) is 1. The number of aliphatic carboxylic acids is 1. The predicted octanol–water partition coefficient (Wildman–Crippen LogP) is 3.27. The first-order valence-electron chi connectivity index (χ1n) is 8.18. The summed E-state index contributed by atoms with van der Waals surface area (Å²) in [5.74, 6) is -0.0220. The number of carbonyl (C=O) groups is 1. The normalized spacial score (nSPS) is 26.2. The Kier molecular flexibility index (Phi) is 2.98. The van der Waals surface area contributed by atoms with Crippen molar-refractivity contribution in [3.05, 3.63) is 36.4 Å². The Balaban J connectivity index is 1.86. The Labute approximate surface area is 139 Å². The van der Waals surface area contributed by atoms with Crippen molar-refractivity contribution in [1.29, 1.82) is 0 Å². The van der Waals surface area contributed by atoms with E-state index in [1.54, 1.807) is 10.8 Å². The van der Waals surface area contributed by atoms with Crippen molar-refractivity contribution in [2.45, 2.75) is 39.5 Å². The molecule has 0 radical (unpaired) electrons. The lowest BCUT2D eigenvalue weighted by molar-refractivity contribution is -0.153. The molecule has 2 atom stereocenters. The molecule has 1 aliphatic carbocycles. The van der Waals surface area contributed by atoms with Gasteiger partial charge in [-0.25, -0.2) is 14.5 Å². The molecule has 2 heterocycles. The molecule has 124 valence electrons. The van der Waals surface area contributed by atoms with Crippen LogP contribution in [0.4, 0.5) is 0 Å². The van der Waals surface area contributed by atoms with E-state index in [0.29, 0.717) is 12.2 Å². The summed E-state index contributed by atoms with van der Waals surface area (Å²) in [6.45, 7) is 5.86. The van der Waals surface area contributed by atoms with Crippen LogP contribution in [0.3, 0.4) is 0 Å². The number of hydrogen-bond acceptors (Lipinski definition) is 4. The molecule has 6 nitrogen and oxygen atoms in total. The number of nitrogens with zero attached hydrogens (tertiary/aromatic N) is 4. The summed E-state index contributed by atoms with van der Waals surface area (Å²) in [5.41, 5.74) is 0.461. The second-order valence-electron chi connectivity index (χ2n) is 7.45. The van der Waals surface area contributed by atoms with Gasteiger partial charge in [-0.05, 0) is 37.3 Å². The number of fused-ring (bicyclic) bond motifs is 3. The van der Waals surface area contributed by atoms with Crippen molar-refractivity contribution in [2.24, 2.45) is 10.8 Å². The first kappa shape index (κ1) is 15.1. The molecular weight excluding hydrogens is 304 g/mol. The Bertz CT molecular complexity index is 962. The molecule has 4 rings (SSSR count). The third-order valence-corrected chi connectivity index (χ3v) is 6.11. The van der Waals surface area contributed by atoms with Gasteiger partial charge in [0, 0.05) is 11.3 Å². The Morgan fingerprint density at radius 1 is 1.29 bits per heavy atom. The molecule has 0 saturated heterocycles. The smallest absolute Gasteiger partial charge is 0.309 e. The van der Waals surface area contributed by atoms with E-state index in [1.807, 2.05) is 45.0 Å². The highest BCUT2D eigenvalue weighted by molar-refractivity contribution is 5.90. The fraction of sp³-hybridized carbons (Fsp3) is 0.444. The van der Waals surface area contributed by atoms with Crippen LogP contribution in [0.2, 0.25) is 0 Å². The summed E-state index contributed by atoms with van der Waals surface area (Å²) in [5, 5.41) is 15.3. The highest BCUT2D eigenvalue weighted by Crippen LogP contribution is 2.59. The Morgan fingerprint density at radius 3 is 2.75 bits per heavy atom. The van der Waals surface area contributed by atoms with E-state index in [4.69, 9.17) is 4.98 Å². The van der Waals surface area contributed by atoms with Crippen molar-refractivity contribution in [3.63, 3.8) is 0 Å². The molecule has 0 amide bonds. The first-order valence-corrected chi connectivity index (χ1v) is 8.18. The standard InChI is InChI=1S/C18H20N4O2/c1-17(2)12(8-9-18(17,3)16(23)24)14-20-15-11-6-4-5-7-13(11)19-10-22(15)21-14/h4-7,10,12H,8-9H2,1-3H3,(H,23,24)/t12-,18-/m0/s1. The minimum atomic E-state index is -0.768. The fourth-order valence-corrected chi connectivity index (χ4v) is 3.98. The van der Waals surface area contributed by atoms with Gasteiger partial charge in [0.1, 0.15) is 6.33 Å². The summed E-state index contributed by atoms with van der Waals surface area (Å²) in [4.78, 5) is 21.0. The monoisotopic (exact) mass is 324 g/mol. The molecule has 3 aromatic rings. The van der Waals surface area contributed by atoms with Gasteiger partial charge in [-0.3, -0.25) is 4.79 Å². The minimum Gasteiger partial charge on any atom is -0.481 e. The molecule has 0 unspecified atom stereocenters. The zero-order valence-electron chi connectivity index (χ0n) is 14.0. The summed E-state index contributed by atoms with van der Waals surface area (Å²) < 4.78 is 1.70. The number of carboxylic acids is 1. The van der Waals surface area contributed by atoms with E-state index in [-0.39, 0.29) is 5.92 Å². The summed E-state index contributed by atoms with van der Waals surface area (Å²) in [6, 6.07) is 7.84. The van der Waals surface area contributed by atoms with E-state index in [9.17, 15) is 9.90 Å². The molecule has 2 aromatic heterocycles. The second-order valence-corrected chi connectivity index (χ2v) is 7.45. The van der Waals surface area contributed by atoms with Gasteiger partial charge in [0.25, 0.3) is 0 Å². The zero-order chi connectivity index (χ0) is 17.1. The molecule has 1 aromatic carbocycles. The van der Waals surface area contributed by atoms with Gasteiger partial charge in [0.15, 0.2) is 11.5 Å². The van der Waals surface area contributed by atoms with Crippen LogP contribution in [0.1, 0.15) is 45.4 Å². The van der Waals surface area contributed by atoms with E-state index in [1.165, 1.54) is 0 Å². The summed E-state index contributed by atoms with van der Waals surface area (Å²) >= 11 is 0. The van der Waals surface area contributed by atoms with Crippen molar-refractivity contribution < 1.29 is 9.90 Å². The molecule has 6 heteroatoms. The lowest BCUT2D eigenvalue weighted by atomic mass is 9.65. The fourth-order valence-electron chi connectivity index (χ4n) is 3.98. The lowest BCUT2D eigenvalue weighted by Gasteiger charge is -2.37. The van der Waals surface area contributed by atoms with Crippen LogP contribution in [-0.2, 0) is 4.79 Å². The molecule has 24 heavy (non-hydrogen) atoms.